The predicted octanol–water partition coefficient (Wildman–Crippen LogP) is 0.263. The van der Waals surface area contributed by atoms with Crippen molar-refractivity contribution in [3.05, 3.63) is 80.2 Å². The van der Waals surface area contributed by atoms with E-state index >= 15 is 0 Å². The molecule has 0 aliphatic carbocycles. The van der Waals surface area contributed by atoms with Crippen molar-refractivity contribution in [2.45, 2.75) is 13.3 Å². The van der Waals surface area contributed by atoms with Gasteiger partial charge in [-0.1, -0.05) is 11.6 Å². The van der Waals surface area contributed by atoms with Gasteiger partial charge in [-0.2, -0.15) is 0 Å². The number of carbonyl (C=O) groups is 1. The Morgan fingerprint density at radius 1 is 1.16 bits per heavy atom. The van der Waals surface area contributed by atoms with Gasteiger partial charge in [-0.15, -0.1) is 0 Å². The molecule has 2 aliphatic rings. The number of aromatic amines is 1. The van der Waals surface area contributed by atoms with E-state index in [-0.39, 0.29) is 11.7 Å². The number of benzene rings is 2. The third kappa shape index (κ3) is 3.97. The Bertz CT molecular complexity index is 1410. The average molecular weight is 431 g/mol. The Hall–Kier alpha value is -3.65. The number of fused-ring (bicyclic) bond motifs is 2. The molecular weight excluding hydrogens is 408 g/mol. The lowest BCUT2D eigenvalue weighted by Crippen LogP contribution is -2.48. The number of oxazole rings is 1. The first-order valence-corrected chi connectivity index (χ1v) is 10.7. The molecule has 5 rings (SSSR count). The maximum atomic E-state index is 12.9. The van der Waals surface area contributed by atoms with Crippen LogP contribution in [0.2, 0.25) is 0 Å². The zero-order valence-electron chi connectivity index (χ0n) is 17.8. The number of carbonyl (C=O) groups excluding carboxylic acids is 1. The number of Topliss-reactive ketones (excluding diaryl/α,β-unsaturated/α-hetero) is 1. The second kappa shape index (κ2) is 8.12. The van der Waals surface area contributed by atoms with Gasteiger partial charge in [0.2, 0.25) is 0 Å². The van der Waals surface area contributed by atoms with Crippen molar-refractivity contribution in [2.75, 3.05) is 32.7 Å². The van der Waals surface area contributed by atoms with Gasteiger partial charge in [-0.3, -0.25) is 14.7 Å². The largest absolute Gasteiger partial charge is 0.859 e. The van der Waals surface area contributed by atoms with Gasteiger partial charge in [-0.05, 0) is 49.2 Å². The van der Waals surface area contributed by atoms with E-state index in [1.54, 1.807) is 18.2 Å². The summed E-state index contributed by atoms with van der Waals surface area (Å²) < 4.78 is 5.03. The normalized spacial score (nSPS) is 17.7. The summed E-state index contributed by atoms with van der Waals surface area (Å²) in [5, 5.41) is 14.7. The van der Waals surface area contributed by atoms with Crippen LogP contribution in [0.4, 0.5) is 0 Å². The summed E-state index contributed by atoms with van der Waals surface area (Å²) in [4.78, 5) is 34.9. The van der Waals surface area contributed by atoms with E-state index in [1.807, 2.05) is 36.1 Å². The van der Waals surface area contributed by atoms with Crippen molar-refractivity contribution in [3.8, 4) is 0 Å². The highest BCUT2D eigenvalue weighted by atomic mass is 16.4. The number of aryl methyl sites for hydroxylation is 1. The number of allylic oxidation sites excluding steroid dienone is 1. The smallest absolute Gasteiger partial charge is 0.417 e. The highest BCUT2D eigenvalue weighted by Gasteiger charge is 2.19. The molecule has 3 aromatic rings. The molecule has 1 aromatic heterocycles. The van der Waals surface area contributed by atoms with Crippen molar-refractivity contribution in [2.24, 2.45) is 4.99 Å². The van der Waals surface area contributed by atoms with Gasteiger partial charge < -0.3 is 14.4 Å². The van der Waals surface area contributed by atoms with Gasteiger partial charge in [0.15, 0.2) is 11.4 Å². The standard InChI is InChI=1S/C24H24N4O4/c1-15-2-4-18-17(12-15)13-20(25-18)23(30)28-10-8-27(9-11-28)7-6-21(29)16-3-5-19-22(14-16)32-24(31)26-19/h2-5,12-14,30H,6-11H2,1H3,(H,26,31)/p-1. The molecule has 0 saturated carbocycles. The van der Waals surface area contributed by atoms with E-state index in [0.717, 1.165) is 16.1 Å². The summed E-state index contributed by atoms with van der Waals surface area (Å²) in [7, 11) is 0. The van der Waals surface area contributed by atoms with E-state index in [9.17, 15) is 14.7 Å². The lowest BCUT2D eigenvalue weighted by molar-refractivity contribution is -0.335. The maximum absolute atomic E-state index is 12.9. The van der Waals surface area contributed by atoms with Crippen LogP contribution >= 0.6 is 0 Å². The molecule has 164 valence electrons. The second-order valence-corrected chi connectivity index (χ2v) is 8.24. The van der Waals surface area contributed by atoms with Crippen LogP contribution in [0.1, 0.15) is 22.3 Å². The van der Waals surface area contributed by atoms with Gasteiger partial charge in [0.25, 0.3) is 0 Å². The summed E-state index contributed by atoms with van der Waals surface area (Å²) >= 11 is 0. The molecule has 3 heterocycles. The topological polar surface area (TPSA) is 105 Å². The van der Waals surface area contributed by atoms with Crippen LogP contribution in [0.25, 0.3) is 17.2 Å². The van der Waals surface area contributed by atoms with Gasteiger partial charge in [0, 0.05) is 49.9 Å². The zero-order chi connectivity index (χ0) is 22.2. The first-order chi connectivity index (χ1) is 15.5. The minimum absolute atomic E-state index is 0.00257. The number of nitrogens with one attached hydrogen (secondary N) is 1. The molecule has 0 bridgehead atoms. The van der Waals surface area contributed by atoms with Crippen LogP contribution in [0, 0.1) is 6.92 Å². The van der Waals surface area contributed by atoms with Crippen molar-refractivity contribution in [3.63, 3.8) is 0 Å². The molecule has 1 N–H and O–H groups in total. The molecule has 8 heteroatoms. The molecule has 0 amide bonds. The van der Waals surface area contributed by atoms with Gasteiger partial charge in [0.1, 0.15) is 0 Å². The fourth-order valence-corrected chi connectivity index (χ4v) is 4.17. The first kappa shape index (κ1) is 20.3. The first-order valence-electron chi connectivity index (χ1n) is 10.7. The molecule has 2 aliphatic heterocycles. The average Bonchev–Trinajstić information content (AvgIpc) is 3.38. The summed E-state index contributed by atoms with van der Waals surface area (Å²) in [6.07, 6.45) is 2.22. The summed E-state index contributed by atoms with van der Waals surface area (Å²) in [6, 6.07) is 11.0. The molecule has 8 nitrogen and oxygen atoms in total. The number of H-pyrrole nitrogens is 1. The van der Waals surface area contributed by atoms with Crippen LogP contribution in [0.3, 0.4) is 0 Å². The van der Waals surface area contributed by atoms with E-state index in [2.05, 4.69) is 14.9 Å². The molecule has 32 heavy (non-hydrogen) atoms. The number of ketones is 1. The number of rotatable bonds is 5. The molecule has 1 fully saturated rings. The third-order valence-corrected chi connectivity index (χ3v) is 5.99. The second-order valence-electron chi connectivity index (χ2n) is 8.24. The third-order valence-electron chi connectivity index (χ3n) is 5.99. The molecule has 0 radical (unpaired) electrons. The zero-order valence-corrected chi connectivity index (χ0v) is 17.8. The molecular formula is C24H23N4O4-. The molecule has 0 unspecified atom stereocenters. The van der Waals surface area contributed by atoms with Gasteiger partial charge in [0.05, 0.1) is 16.6 Å². The minimum atomic E-state index is -0.530. The molecule has 1 saturated heterocycles. The van der Waals surface area contributed by atoms with E-state index in [4.69, 9.17) is 4.42 Å². The van der Waals surface area contributed by atoms with Crippen molar-refractivity contribution >= 4 is 23.0 Å². The maximum Gasteiger partial charge on any atom is 0.417 e. The fraction of sp³-hybridized carbons (Fsp3) is 0.292. The predicted molar refractivity (Wildman–Crippen MR) is 117 cm³/mol. The van der Waals surface area contributed by atoms with Crippen LogP contribution in [-0.4, -0.2) is 53.3 Å². The van der Waals surface area contributed by atoms with Gasteiger partial charge in [-0.25, -0.2) is 9.79 Å². The fourth-order valence-electron chi connectivity index (χ4n) is 4.17. The number of hydrogen-bond acceptors (Lipinski definition) is 7. The van der Waals surface area contributed by atoms with Crippen molar-refractivity contribution < 1.29 is 14.3 Å². The number of hydrogen-bond donors (Lipinski definition) is 1. The Morgan fingerprint density at radius 2 is 1.97 bits per heavy atom. The number of piperazine rings is 1. The highest BCUT2D eigenvalue weighted by molar-refractivity contribution is 5.98. The van der Waals surface area contributed by atoms with Crippen LogP contribution in [0.15, 0.2) is 62.2 Å². The van der Waals surface area contributed by atoms with Crippen molar-refractivity contribution in [1.29, 1.82) is 0 Å². The highest BCUT2D eigenvalue weighted by Crippen LogP contribution is 2.16. The Balaban J connectivity index is 1.18. The van der Waals surface area contributed by atoms with E-state index in [0.29, 0.717) is 61.5 Å². The lowest BCUT2D eigenvalue weighted by Gasteiger charge is -2.39. The molecule has 0 atom stereocenters. The Labute approximate surface area is 183 Å². The van der Waals surface area contributed by atoms with E-state index in [1.165, 1.54) is 0 Å². The van der Waals surface area contributed by atoms with Crippen LogP contribution < -0.4 is 21.4 Å². The summed E-state index contributed by atoms with van der Waals surface area (Å²) in [5.41, 5.74) is 3.12. The monoisotopic (exact) mass is 431 g/mol. The van der Waals surface area contributed by atoms with E-state index < -0.39 is 5.76 Å². The number of aromatic nitrogens is 1. The van der Waals surface area contributed by atoms with Gasteiger partial charge >= 0.3 is 5.76 Å². The number of nitrogens with zero attached hydrogens (tertiary/aromatic N) is 3. The van der Waals surface area contributed by atoms with Crippen LogP contribution in [-0.2, 0) is 0 Å². The molecule has 0 spiro atoms. The molecule has 2 aromatic carbocycles. The lowest BCUT2D eigenvalue weighted by atomic mass is 10.1. The summed E-state index contributed by atoms with van der Waals surface area (Å²) in [6.45, 7) is 5.28. The van der Waals surface area contributed by atoms with Crippen LogP contribution in [0.5, 0.6) is 0 Å². The van der Waals surface area contributed by atoms with Crippen molar-refractivity contribution in [1.82, 2.24) is 14.8 Å². The summed E-state index contributed by atoms with van der Waals surface area (Å²) in [5.74, 6) is -0.578. The minimum Gasteiger partial charge on any atom is -0.859 e. The Kier molecular flexibility index (Phi) is 5.14. The quantitative estimate of drug-likeness (QED) is 0.459. The Morgan fingerprint density at radius 3 is 2.78 bits per heavy atom. The SMILES string of the molecule is Cc1ccc2c(c1)=CC(=C([O-])N1CCN(CCC(=O)c3ccc4[nH]c(=O)oc4c3)CC1)N=2.